The lowest BCUT2D eigenvalue weighted by Crippen LogP contribution is -2.39. The zero-order valence-electron chi connectivity index (χ0n) is 19.4. The largest absolute Gasteiger partial charge is 0.444 e. The van der Waals surface area contributed by atoms with E-state index in [9.17, 15) is 9.59 Å². The van der Waals surface area contributed by atoms with Crippen LogP contribution in [0.25, 0.3) is 10.8 Å². The molecule has 1 heterocycles. The average Bonchev–Trinajstić information content (AvgIpc) is 2.76. The molecule has 2 amide bonds. The van der Waals surface area contributed by atoms with Crippen molar-refractivity contribution < 1.29 is 14.3 Å². The Bertz CT molecular complexity index is 1090. The van der Waals surface area contributed by atoms with E-state index in [0.29, 0.717) is 5.69 Å². The van der Waals surface area contributed by atoms with Crippen molar-refractivity contribution in [3.8, 4) is 0 Å². The predicted molar refractivity (Wildman–Crippen MR) is 128 cm³/mol. The number of aryl methyl sites for hydroxylation is 1. The number of amides is 2. The SMILES string of the molecule is CCc1ccc(C(CN(C)C(=O)OC(C)(C)C)C(=O)Nc2ccc3cnccc3c2)cc1. The topological polar surface area (TPSA) is 71.5 Å². The number of nitrogens with one attached hydrogen (secondary N) is 1. The molecular weight excluding hydrogens is 402 g/mol. The number of carbonyl (C=O) groups is 2. The molecule has 1 aromatic heterocycles. The summed E-state index contributed by atoms with van der Waals surface area (Å²) in [5.41, 5.74) is 2.13. The third kappa shape index (κ3) is 6.06. The molecule has 168 valence electrons. The summed E-state index contributed by atoms with van der Waals surface area (Å²) >= 11 is 0. The smallest absolute Gasteiger partial charge is 0.410 e. The first kappa shape index (κ1) is 23.3. The van der Waals surface area contributed by atoms with Gasteiger partial charge in [-0.3, -0.25) is 9.78 Å². The summed E-state index contributed by atoms with van der Waals surface area (Å²) in [5.74, 6) is -0.732. The fourth-order valence-electron chi connectivity index (χ4n) is 3.40. The molecule has 2 aromatic carbocycles. The third-order valence-electron chi connectivity index (χ3n) is 5.18. The molecule has 32 heavy (non-hydrogen) atoms. The number of rotatable bonds is 6. The van der Waals surface area contributed by atoms with Crippen LogP contribution in [0.3, 0.4) is 0 Å². The van der Waals surface area contributed by atoms with Gasteiger partial charge in [0, 0.05) is 37.1 Å². The molecule has 1 N–H and O–H groups in total. The van der Waals surface area contributed by atoms with Gasteiger partial charge in [0.2, 0.25) is 5.91 Å². The highest BCUT2D eigenvalue weighted by atomic mass is 16.6. The van der Waals surface area contributed by atoms with Gasteiger partial charge in [-0.2, -0.15) is 0 Å². The lowest BCUT2D eigenvalue weighted by atomic mass is 9.96. The summed E-state index contributed by atoms with van der Waals surface area (Å²) in [5, 5.41) is 5.01. The Balaban J connectivity index is 1.84. The summed E-state index contributed by atoms with van der Waals surface area (Å²) in [6, 6.07) is 15.6. The molecule has 1 atom stereocenters. The van der Waals surface area contributed by atoms with Crippen molar-refractivity contribution in [1.82, 2.24) is 9.88 Å². The maximum absolute atomic E-state index is 13.3. The van der Waals surface area contributed by atoms with Crippen LogP contribution in [-0.2, 0) is 16.0 Å². The fourth-order valence-corrected chi connectivity index (χ4v) is 3.40. The highest BCUT2D eigenvalue weighted by molar-refractivity contribution is 5.98. The van der Waals surface area contributed by atoms with Gasteiger partial charge < -0.3 is 15.0 Å². The van der Waals surface area contributed by atoms with Gasteiger partial charge in [-0.25, -0.2) is 4.79 Å². The van der Waals surface area contributed by atoms with E-state index >= 15 is 0 Å². The minimum Gasteiger partial charge on any atom is -0.444 e. The molecule has 0 saturated carbocycles. The number of anilines is 1. The van der Waals surface area contributed by atoms with Crippen LogP contribution in [-0.4, -0.2) is 41.1 Å². The van der Waals surface area contributed by atoms with Gasteiger partial charge in [0.1, 0.15) is 5.60 Å². The average molecular weight is 434 g/mol. The van der Waals surface area contributed by atoms with Crippen LogP contribution in [0.5, 0.6) is 0 Å². The molecule has 3 aromatic rings. The Morgan fingerprint density at radius 3 is 2.44 bits per heavy atom. The van der Waals surface area contributed by atoms with Crippen LogP contribution in [0, 0.1) is 0 Å². The summed E-state index contributed by atoms with van der Waals surface area (Å²) in [6.45, 7) is 7.75. The molecule has 0 aliphatic rings. The van der Waals surface area contributed by atoms with Crippen molar-refractivity contribution in [2.24, 2.45) is 0 Å². The van der Waals surface area contributed by atoms with Crippen molar-refractivity contribution >= 4 is 28.5 Å². The maximum atomic E-state index is 13.3. The van der Waals surface area contributed by atoms with Crippen LogP contribution in [0.2, 0.25) is 0 Å². The number of nitrogens with zero attached hydrogens (tertiary/aromatic N) is 2. The van der Waals surface area contributed by atoms with Crippen molar-refractivity contribution in [2.45, 2.75) is 45.6 Å². The first-order valence-electron chi connectivity index (χ1n) is 10.8. The van der Waals surface area contributed by atoms with E-state index < -0.39 is 17.6 Å². The van der Waals surface area contributed by atoms with Crippen LogP contribution in [0.15, 0.2) is 60.9 Å². The van der Waals surface area contributed by atoms with Crippen LogP contribution >= 0.6 is 0 Å². The Hall–Kier alpha value is -3.41. The van der Waals surface area contributed by atoms with Crippen LogP contribution < -0.4 is 5.32 Å². The van der Waals surface area contributed by atoms with Gasteiger partial charge >= 0.3 is 6.09 Å². The van der Waals surface area contributed by atoms with E-state index in [1.807, 2.05) is 69.3 Å². The van der Waals surface area contributed by atoms with E-state index in [1.54, 1.807) is 19.4 Å². The van der Waals surface area contributed by atoms with Gasteiger partial charge in [0.15, 0.2) is 0 Å². The summed E-state index contributed by atoms with van der Waals surface area (Å²) in [6.07, 6.45) is 3.97. The number of likely N-dealkylation sites (N-methyl/N-ethyl adjacent to an activating group) is 1. The van der Waals surface area contributed by atoms with E-state index in [4.69, 9.17) is 4.74 Å². The molecule has 0 fully saturated rings. The number of aromatic nitrogens is 1. The Morgan fingerprint density at radius 2 is 1.78 bits per heavy atom. The number of benzene rings is 2. The number of carbonyl (C=O) groups excluding carboxylic acids is 2. The molecule has 0 aliphatic heterocycles. The Kier molecular flexibility index (Phi) is 7.13. The summed E-state index contributed by atoms with van der Waals surface area (Å²) in [7, 11) is 1.65. The third-order valence-corrected chi connectivity index (χ3v) is 5.18. The quantitative estimate of drug-likeness (QED) is 0.566. The monoisotopic (exact) mass is 433 g/mol. The molecule has 0 saturated heterocycles. The zero-order chi connectivity index (χ0) is 23.3. The van der Waals surface area contributed by atoms with Gasteiger partial charge in [0.25, 0.3) is 0 Å². The minimum absolute atomic E-state index is 0.182. The summed E-state index contributed by atoms with van der Waals surface area (Å²) in [4.78, 5) is 31.4. The Labute approximate surface area is 189 Å². The molecule has 1 unspecified atom stereocenters. The lowest BCUT2D eigenvalue weighted by Gasteiger charge is -2.27. The van der Waals surface area contributed by atoms with Crippen LogP contribution in [0.4, 0.5) is 10.5 Å². The maximum Gasteiger partial charge on any atom is 0.410 e. The van der Waals surface area contributed by atoms with Crippen molar-refractivity contribution in [3.63, 3.8) is 0 Å². The van der Waals surface area contributed by atoms with Crippen molar-refractivity contribution in [3.05, 3.63) is 72.1 Å². The van der Waals surface area contributed by atoms with E-state index in [0.717, 1.165) is 22.8 Å². The molecule has 0 bridgehead atoms. The zero-order valence-corrected chi connectivity index (χ0v) is 19.4. The Morgan fingerprint density at radius 1 is 1.06 bits per heavy atom. The van der Waals surface area contributed by atoms with Gasteiger partial charge in [-0.15, -0.1) is 0 Å². The standard InChI is InChI=1S/C26H31N3O3/c1-6-18-7-9-19(10-8-18)23(17-29(5)25(31)32-26(2,3)4)24(30)28-22-12-11-21-16-27-14-13-20(21)15-22/h7-16,23H,6,17H2,1-5H3,(H,28,30). The second-order valence-corrected chi connectivity index (χ2v) is 8.94. The number of hydrogen-bond donors (Lipinski definition) is 1. The molecular formula is C26H31N3O3. The van der Waals surface area contributed by atoms with Gasteiger partial charge in [0.05, 0.1) is 5.92 Å². The molecule has 3 rings (SSSR count). The first-order chi connectivity index (χ1) is 15.2. The van der Waals surface area contributed by atoms with Crippen molar-refractivity contribution in [1.29, 1.82) is 0 Å². The first-order valence-corrected chi connectivity index (χ1v) is 10.8. The normalized spacial score (nSPS) is 12.3. The minimum atomic E-state index is -0.605. The second-order valence-electron chi connectivity index (χ2n) is 8.94. The fraction of sp³-hybridized carbons (Fsp3) is 0.346. The molecule has 6 heteroatoms. The predicted octanol–water partition coefficient (Wildman–Crippen LogP) is 5.39. The highest BCUT2D eigenvalue weighted by Gasteiger charge is 2.27. The van der Waals surface area contributed by atoms with E-state index in [2.05, 4.69) is 17.2 Å². The molecule has 0 aliphatic carbocycles. The number of fused-ring (bicyclic) bond motifs is 1. The molecule has 0 radical (unpaired) electrons. The second kappa shape index (κ2) is 9.81. The van der Waals surface area contributed by atoms with Crippen molar-refractivity contribution in [2.75, 3.05) is 18.9 Å². The molecule has 0 spiro atoms. The van der Waals surface area contributed by atoms with Gasteiger partial charge in [-0.1, -0.05) is 37.3 Å². The van der Waals surface area contributed by atoms with E-state index in [-0.39, 0.29) is 12.5 Å². The molecule has 6 nitrogen and oxygen atoms in total. The number of pyridine rings is 1. The summed E-state index contributed by atoms with van der Waals surface area (Å²) < 4.78 is 5.47. The van der Waals surface area contributed by atoms with Crippen LogP contribution in [0.1, 0.15) is 44.7 Å². The lowest BCUT2D eigenvalue weighted by molar-refractivity contribution is -0.117. The number of ether oxygens (including phenoxy) is 1. The van der Waals surface area contributed by atoms with E-state index in [1.165, 1.54) is 10.5 Å². The highest BCUT2D eigenvalue weighted by Crippen LogP contribution is 2.23. The number of hydrogen-bond acceptors (Lipinski definition) is 4. The van der Waals surface area contributed by atoms with Gasteiger partial charge in [-0.05, 0) is 61.9 Å².